The van der Waals surface area contributed by atoms with Gasteiger partial charge in [0.2, 0.25) is 11.8 Å². The summed E-state index contributed by atoms with van der Waals surface area (Å²) in [5, 5.41) is 11.5. The summed E-state index contributed by atoms with van der Waals surface area (Å²) < 4.78 is 3.20. The third kappa shape index (κ3) is 4.73. The van der Waals surface area contributed by atoms with E-state index < -0.39 is 0 Å². The maximum Gasteiger partial charge on any atom is 0.275 e. The van der Waals surface area contributed by atoms with Crippen LogP contribution in [0.3, 0.4) is 0 Å². The van der Waals surface area contributed by atoms with Gasteiger partial charge in [0.25, 0.3) is 5.56 Å². The van der Waals surface area contributed by atoms with Crippen molar-refractivity contribution < 1.29 is 9.59 Å². The molecule has 0 aliphatic heterocycles. The smallest absolute Gasteiger partial charge is 0.275 e. The highest BCUT2D eigenvalue weighted by Crippen LogP contribution is 2.24. The number of aromatic nitrogens is 4. The Labute approximate surface area is 208 Å². The number of carbonyl (C=O) groups excluding carboxylic acids is 2. The Kier molecular flexibility index (Phi) is 6.54. The molecule has 0 unspecified atom stereocenters. The van der Waals surface area contributed by atoms with Crippen molar-refractivity contribution in [2.45, 2.75) is 45.6 Å². The predicted octanol–water partition coefficient (Wildman–Crippen LogP) is 3.08. The lowest BCUT2D eigenvalue weighted by atomic mass is 10.1. The standard InChI is InChI=1S/C27H30N6O3/c1-17-20-9-5-6-10-21(20)27(36)33(31-17)16-25(34)29-19-11-12-23-22(15-19)30-24(32(23)2)13-14-28-26(35)18-7-3-4-8-18/h5-6,9-12,15,18H,3-4,7-8,13-14,16H2,1-2H3,(H,28,35)(H,29,34). The van der Waals surface area contributed by atoms with Crippen molar-refractivity contribution in [1.82, 2.24) is 24.6 Å². The first-order chi connectivity index (χ1) is 17.4. The van der Waals surface area contributed by atoms with Gasteiger partial charge in [0, 0.05) is 37.0 Å². The maximum absolute atomic E-state index is 12.8. The minimum atomic E-state index is -0.343. The summed E-state index contributed by atoms with van der Waals surface area (Å²) >= 11 is 0. The van der Waals surface area contributed by atoms with E-state index in [0.717, 1.165) is 47.9 Å². The fourth-order valence-corrected chi connectivity index (χ4v) is 5.03. The van der Waals surface area contributed by atoms with E-state index in [4.69, 9.17) is 4.98 Å². The Morgan fingerprint density at radius 1 is 1.08 bits per heavy atom. The lowest BCUT2D eigenvalue weighted by Gasteiger charge is -2.10. The number of nitrogens with zero attached hydrogens (tertiary/aromatic N) is 4. The van der Waals surface area contributed by atoms with E-state index in [2.05, 4.69) is 15.7 Å². The lowest BCUT2D eigenvalue weighted by molar-refractivity contribution is -0.124. The first-order valence-corrected chi connectivity index (χ1v) is 12.4. The second kappa shape index (κ2) is 9.93. The highest BCUT2D eigenvalue weighted by atomic mass is 16.2. The molecule has 5 rings (SSSR count). The summed E-state index contributed by atoms with van der Waals surface area (Å²) in [5.74, 6) is 0.819. The zero-order valence-corrected chi connectivity index (χ0v) is 20.6. The van der Waals surface area contributed by atoms with Crippen LogP contribution in [0.5, 0.6) is 0 Å². The van der Waals surface area contributed by atoms with Crippen LogP contribution in [0.25, 0.3) is 21.8 Å². The second-order valence-corrected chi connectivity index (χ2v) is 9.45. The Balaban J connectivity index is 1.25. The van der Waals surface area contributed by atoms with E-state index in [1.807, 2.05) is 48.9 Å². The zero-order chi connectivity index (χ0) is 25.2. The molecule has 0 bridgehead atoms. The Bertz CT molecular complexity index is 1510. The summed E-state index contributed by atoms with van der Waals surface area (Å²) in [6.45, 7) is 2.18. The third-order valence-electron chi connectivity index (χ3n) is 6.98. The summed E-state index contributed by atoms with van der Waals surface area (Å²) in [4.78, 5) is 42.5. The number of imidazole rings is 1. The van der Waals surface area contributed by atoms with E-state index >= 15 is 0 Å². The summed E-state index contributed by atoms with van der Waals surface area (Å²) in [6.07, 6.45) is 4.87. The van der Waals surface area contributed by atoms with Gasteiger partial charge in [-0.1, -0.05) is 31.0 Å². The molecule has 1 aliphatic rings. The topological polar surface area (TPSA) is 111 Å². The van der Waals surface area contributed by atoms with Crippen molar-refractivity contribution in [3.63, 3.8) is 0 Å². The van der Waals surface area contributed by atoms with Crippen LogP contribution >= 0.6 is 0 Å². The largest absolute Gasteiger partial charge is 0.355 e. The van der Waals surface area contributed by atoms with Crippen LogP contribution in [-0.4, -0.2) is 37.7 Å². The van der Waals surface area contributed by atoms with Gasteiger partial charge in [0.1, 0.15) is 12.4 Å². The van der Waals surface area contributed by atoms with Gasteiger partial charge in [0.05, 0.1) is 22.1 Å². The third-order valence-corrected chi connectivity index (χ3v) is 6.98. The molecule has 2 amide bonds. The van der Waals surface area contributed by atoms with Crippen molar-refractivity contribution >= 4 is 39.3 Å². The van der Waals surface area contributed by atoms with Crippen molar-refractivity contribution in [2.24, 2.45) is 13.0 Å². The average molecular weight is 487 g/mol. The first-order valence-electron chi connectivity index (χ1n) is 12.4. The molecule has 186 valence electrons. The number of hydrogen-bond donors (Lipinski definition) is 2. The van der Waals surface area contributed by atoms with Crippen LogP contribution in [0, 0.1) is 12.8 Å². The minimum absolute atomic E-state index is 0.145. The molecule has 1 fully saturated rings. The molecular formula is C27H30N6O3. The molecule has 36 heavy (non-hydrogen) atoms. The Morgan fingerprint density at radius 2 is 1.83 bits per heavy atom. The lowest BCUT2D eigenvalue weighted by Crippen LogP contribution is -2.31. The van der Waals surface area contributed by atoms with Gasteiger partial charge in [-0.15, -0.1) is 0 Å². The molecule has 9 heteroatoms. The van der Waals surface area contributed by atoms with Crippen LogP contribution in [0.15, 0.2) is 47.3 Å². The molecule has 9 nitrogen and oxygen atoms in total. The van der Waals surface area contributed by atoms with Gasteiger partial charge in [-0.2, -0.15) is 5.10 Å². The first kappa shape index (κ1) is 23.7. The van der Waals surface area contributed by atoms with E-state index in [9.17, 15) is 14.4 Å². The van der Waals surface area contributed by atoms with E-state index in [0.29, 0.717) is 29.7 Å². The molecule has 1 aliphatic carbocycles. The Hall–Kier alpha value is -4.01. The highest BCUT2D eigenvalue weighted by molar-refractivity contribution is 5.93. The summed E-state index contributed by atoms with van der Waals surface area (Å²) in [6, 6.07) is 12.8. The molecule has 0 atom stereocenters. The number of amides is 2. The Morgan fingerprint density at radius 3 is 2.61 bits per heavy atom. The molecule has 0 saturated heterocycles. The SMILES string of the molecule is Cc1nn(CC(=O)Nc2ccc3c(c2)nc(CCNC(=O)C2CCCC2)n3C)c(=O)c2ccccc12. The number of anilines is 1. The van der Waals surface area contributed by atoms with Crippen LogP contribution in [-0.2, 0) is 29.6 Å². The zero-order valence-electron chi connectivity index (χ0n) is 20.6. The summed E-state index contributed by atoms with van der Waals surface area (Å²) in [7, 11) is 1.95. The molecular weight excluding hydrogens is 456 g/mol. The van der Waals surface area contributed by atoms with Gasteiger partial charge >= 0.3 is 0 Å². The molecule has 4 aromatic rings. The fraction of sp³-hybridized carbons (Fsp3) is 0.370. The van der Waals surface area contributed by atoms with Crippen LogP contribution in [0.4, 0.5) is 5.69 Å². The number of aryl methyl sites for hydroxylation is 2. The maximum atomic E-state index is 12.8. The van der Waals surface area contributed by atoms with Crippen molar-refractivity contribution in [1.29, 1.82) is 0 Å². The van der Waals surface area contributed by atoms with Crippen LogP contribution in [0.1, 0.15) is 37.2 Å². The monoisotopic (exact) mass is 486 g/mol. The number of rotatable bonds is 7. The van der Waals surface area contributed by atoms with Gasteiger partial charge in [-0.05, 0) is 44.0 Å². The number of fused-ring (bicyclic) bond motifs is 2. The van der Waals surface area contributed by atoms with Gasteiger partial charge in [0.15, 0.2) is 0 Å². The normalized spacial score (nSPS) is 13.9. The number of hydrogen-bond acceptors (Lipinski definition) is 5. The van der Waals surface area contributed by atoms with Crippen molar-refractivity contribution in [2.75, 3.05) is 11.9 Å². The number of carbonyl (C=O) groups is 2. The molecule has 1 saturated carbocycles. The molecule has 2 N–H and O–H groups in total. The quantitative estimate of drug-likeness (QED) is 0.417. The molecule has 2 aromatic heterocycles. The van der Waals surface area contributed by atoms with Gasteiger partial charge in [-0.25, -0.2) is 9.67 Å². The predicted molar refractivity (Wildman–Crippen MR) is 139 cm³/mol. The average Bonchev–Trinajstić information content (AvgIpc) is 3.51. The molecule has 0 spiro atoms. The summed E-state index contributed by atoms with van der Waals surface area (Å²) in [5.41, 5.74) is 2.69. The van der Waals surface area contributed by atoms with Gasteiger partial charge < -0.3 is 15.2 Å². The van der Waals surface area contributed by atoms with E-state index in [-0.39, 0.29) is 29.8 Å². The van der Waals surface area contributed by atoms with Crippen LogP contribution in [0.2, 0.25) is 0 Å². The highest BCUT2D eigenvalue weighted by Gasteiger charge is 2.22. The number of nitrogens with one attached hydrogen (secondary N) is 2. The van der Waals surface area contributed by atoms with Crippen LogP contribution < -0.4 is 16.2 Å². The number of benzene rings is 2. The van der Waals surface area contributed by atoms with E-state index in [1.165, 1.54) is 4.68 Å². The van der Waals surface area contributed by atoms with Gasteiger partial charge in [-0.3, -0.25) is 14.4 Å². The van der Waals surface area contributed by atoms with Crippen molar-refractivity contribution in [3.8, 4) is 0 Å². The molecule has 2 aromatic carbocycles. The van der Waals surface area contributed by atoms with E-state index in [1.54, 1.807) is 12.1 Å². The fourth-order valence-electron chi connectivity index (χ4n) is 5.03. The minimum Gasteiger partial charge on any atom is -0.355 e. The second-order valence-electron chi connectivity index (χ2n) is 9.45. The van der Waals surface area contributed by atoms with Crippen molar-refractivity contribution in [3.05, 3.63) is 64.3 Å². The molecule has 0 radical (unpaired) electrons. The molecule has 2 heterocycles.